The molecule has 0 atom stereocenters. The number of nitrogens with one attached hydrogen (secondary N) is 2. The summed E-state index contributed by atoms with van der Waals surface area (Å²) in [5.74, 6) is 0.362. The van der Waals surface area contributed by atoms with Gasteiger partial charge >= 0.3 is 0 Å². The van der Waals surface area contributed by atoms with Crippen LogP contribution in [0.4, 0.5) is 5.69 Å². The Morgan fingerprint density at radius 2 is 1.70 bits per heavy atom. The van der Waals surface area contributed by atoms with Crippen molar-refractivity contribution < 1.29 is 0 Å². The highest BCUT2D eigenvalue weighted by Crippen LogP contribution is 2.33. The van der Waals surface area contributed by atoms with Gasteiger partial charge < -0.3 is 5.32 Å². The lowest BCUT2D eigenvalue weighted by Gasteiger charge is -2.16. The summed E-state index contributed by atoms with van der Waals surface area (Å²) in [5.41, 5.74) is 6.44. The predicted octanol–water partition coefficient (Wildman–Crippen LogP) is 5.60. The Bertz CT molecular complexity index is 763. The van der Waals surface area contributed by atoms with E-state index < -0.39 is 0 Å². The Morgan fingerprint density at radius 3 is 2.30 bits per heavy atom. The van der Waals surface area contributed by atoms with Crippen molar-refractivity contribution in [2.45, 2.75) is 27.2 Å². The highest BCUT2D eigenvalue weighted by molar-refractivity contribution is 9.10. The quantitative estimate of drug-likeness (QED) is 0.532. The maximum absolute atomic E-state index is 8.18. The third-order valence-electron chi connectivity index (χ3n) is 4.04. The van der Waals surface area contributed by atoms with E-state index in [0.29, 0.717) is 5.84 Å². The van der Waals surface area contributed by atoms with Crippen molar-refractivity contribution in [1.29, 1.82) is 5.41 Å². The van der Waals surface area contributed by atoms with Crippen molar-refractivity contribution >= 4 is 33.2 Å². The molecule has 0 aliphatic heterocycles. The molecular weight excluding hydrogens is 350 g/mol. The SMILES string of the molecule is CC/C(=N\C)C(=N)Nc1cccc(-c2cccc(Br)c2C)c1C. The number of nitrogens with zero attached hydrogens (tertiary/aromatic N) is 1. The van der Waals surface area contributed by atoms with Crippen molar-refractivity contribution in [2.75, 3.05) is 12.4 Å². The maximum atomic E-state index is 8.18. The van der Waals surface area contributed by atoms with Crippen LogP contribution in [-0.4, -0.2) is 18.6 Å². The van der Waals surface area contributed by atoms with Crippen LogP contribution in [-0.2, 0) is 0 Å². The fourth-order valence-corrected chi connectivity index (χ4v) is 2.98. The van der Waals surface area contributed by atoms with E-state index >= 15 is 0 Å². The molecule has 23 heavy (non-hydrogen) atoms. The summed E-state index contributed by atoms with van der Waals surface area (Å²) in [6.07, 6.45) is 0.742. The van der Waals surface area contributed by atoms with E-state index in [0.717, 1.165) is 27.9 Å². The zero-order valence-corrected chi connectivity index (χ0v) is 15.6. The molecule has 0 amide bonds. The lowest BCUT2D eigenvalue weighted by atomic mass is 9.95. The molecule has 0 aliphatic carbocycles. The lowest BCUT2D eigenvalue weighted by molar-refractivity contribution is 1.26. The molecule has 0 aliphatic rings. The van der Waals surface area contributed by atoms with Gasteiger partial charge in [0.25, 0.3) is 0 Å². The molecule has 0 unspecified atom stereocenters. The van der Waals surface area contributed by atoms with Gasteiger partial charge in [-0.25, -0.2) is 0 Å². The second-order valence-corrected chi connectivity index (χ2v) is 6.27. The smallest absolute Gasteiger partial charge is 0.144 e. The Balaban J connectivity index is 2.43. The Morgan fingerprint density at radius 1 is 1.09 bits per heavy atom. The average molecular weight is 372 g/mol. The molecule has 0 saturated carbocycles. The molecule has 2 aromatic rings. The minimum Gasteiger partial charge on any atom is -0.339 e. The van der Waals surface area contributed by atoms with E-state index in [1.54, 1.807) is 7.05 Å². The Kier molecular flexibility index (Phi) is 5.72. The number of benzene rings is 2. The minimum atomic E-state index is 0.362. The van der Waals surface area contributed by atoms with E-state index in [1.165, 1.54) is 16.7 Å². The number of hydrogen-bond donors (Lipinski definition) is 2. The highest BCUT2D eigenvalue weighted by atomic mass is 79.9. The molecule has 120 valence electrons. The molecule has 3 nitrogen and oxygen atoms in total. The molecule has 0 heterocycles. The summed E-state index contributed by atoms with van der Waals surface area (Å²) in [6.45, 7) is 6.20. The Labute approximate surface area is 146 Å². The van der Waals surface area contributed by atoms with E-state index in [4.69, 9.17) is 5.41 Å². The number of halogens is 1. The summed E-state index contributed by atoms with van der Waals surface area (Å²) in [7, 11) is 1.73. The molecule has 0 saturated heterocycles. The maximum Gasteiger partial charge on any atom is 0.144 e. The van der Waals surface area contributed by atoms with Crippen LogP contribution >= 0.6 is 15.9 Å². The fraction of sp³-hybridized carbons (Fsp3) is 0.263. The molecule has 0 radical (unpaired) electrons. The van der Waals surface area contributed by atoms with Gasteiger partial charge in [-0.05, 0) is 54.7 Å². The van der Waals surface area contributed by atoms with Crippen LogP contribution in [0.3, 0.4) is 0 Å². The highest BCUT2D eigenvalue weighted by Gasteiger charge is 2.12. The molecule has 0 bridgehead atoms. The molecule has 2 rings (SSSR count). The fourth-order valence-electron chi connectivity index (χ4n) is 2.62. The normalized spacial score (nSPS) is 11.4. The van der Waals surface area contributed by atoms with Gasteiger partial charge in [-0.2, -0.15) is 0 Å². The van der Waals surface area contributed by atoms with Crippen molar-refractivity contribution in [2.24, 2.45) is 4.99 Å². The van der Waals surface area contributed by atoms with Gasteiger partial charge in [0.15, 0.2) is 0 Å². The van der Waals surface area contributed by atoms with Crippen LogP contribution < -0.4 is 5.32 Å². The molecule has 0 fully saturated rings. The topological polar surface area (TPSA) is 48.2 Å². The van der Waals surface area contributed by atoms with Gasteiger partial charge in [-0.15, -0.1) is 0 Å². The minimum absolute atomic E-state index is 0.362. The van der Waals surface area contributed by atoms with Crippen LogP contribution in [0.5, 0.6) is 0 Å². The largest absolute Gasteiger partial charge is 0.339 e. The second-order valence-electron chi connectivity index (χ2n) is 5.41. The van der Waals surface area contributed by atoms with Gasteiger partial charge in [-0.1, -0.05) is 47.1 Å². The molecule has 2 N–H and O–H groups in total. The van der Waals surface area contributed by atoms with Gasteiger partial charge in [0.1, 0.15) is 5.84 Å². The van der Waals surface area contributed by atoms with E-state index in [2.05, 4.69) is 58.3 Å². The summed E-state index contributed by atoms with van der Waals surface area (Å²) in [4.78, 5) is 4.16. The van der Waals surface area contributed by atoms with Gasteiger partial charge in [0.05, 0.1) is 5.71 Å². The Hall–Kier alpha value is -1.94. The summed E-state index contributed by atoms with van der Waals surface area (Å²) < 4.78 is 1.10. The monoisotopic (exact) mass is 371 g/mol. The van der Waals surface area contributed by atoms with Gasteiger partial charge in [0, 0.05) is 17.2 Å². The number of amidine groups is 1. The van der Waals surface area contributed by atoms with Crippen LogP contribution in [0, 0.1) is 19.3 Å². The predicted molar refractivity (Wildman–Crippen MR) is 104 cm³/mol. The lowest BCUT2D eigenvalue weighted by Crippen LogP contribution is -2.22. The van der Waals surface area contributed by atoms with E-state index in [1.807, 2.05) is 25.1 Å². The van der Waals surface area contributed by atoms with Crippen LogP contribution in [0.15, 0.2) is 45.9 Å². The molecular formula is C19H22BrN3. The second kappa shape index (κ2) is 7.55. The third-order valence-corrected chi connectivity index (χ3v) is 4.90. The molecule has 0 spiro atoms. The van der Waals surface area contributed by atoms with E-state index in [-0.39, 0.29) is 0 Å². The standard InChI is InChI=1S/C19H22BrN3/c1-5-17(22-4)19(21)23-18-11-7-9-15(13(18)3)14-8-6-10-16(20)12(14)2/h6-11H,5H2,1-4H3,(H2,21,23)/b22-17+. The van der Waals surface area contributed by atoms with Crippen molar-refractivity contribution in [1.82, 2.24) is 0 Å². The zero-order valence-electron chi connectivity index (χ0n) is 14.0. The van der Waals surface area contributed by atoms with Crippen molar-refractivity contribution in [3.05, 3.63) is 52.0 Å². The molecule has 4 heteroatoms. The first-order valence-electron chi connectivity index (χ1n) is 7.66. The zero-order chi connectivity index (χ0) is 17.0. The third kappa shape index (κ3) is 3.70. The summed E-state index contributed by atoms with van der Waals surface area (Å²) in [5, 5.41) is 11.4. The number of aliphatic imine (C=N–C) groups is 1. The summed E-state index contributed by atoms with van der Waals surface area (Å²) in [6, 6.07) is 12.4. The van der Waals surface area contributed by atoms with Crippen molar-refractivity contribution in [3.8, 4) is 11.1 Å². The first kappa shape index (κ1) is 17.4. The molecule has 2 aromatic carbocycles. The first-order valence-corrected chi connectivity index (χ1v) is 8.45. The average Bonchev–Trinajstić information content (AvgIpc) is 2.54. The van der Waals surface area contributed by atoms with Gasteiger partial charge in [-0.3, -0.25) is 10.4 Å². The van der Waals surface area contributed by atoms with E-state index in [9.17, 15) is 0 Å². The van der Waals surface area contributed by atoms with Crippen LogP contribution in [0.1, 0.15) is 24.5 Å². The van der Waals surface area contributed by atoms with Crippen LogP contribution in [0.2, 0.25) is 0 Å². The van der Waals surface area contributed by atoms with Crippen molar-refractivity contribution in [3.63, 3.8) is 0 Å². The number of hydrogen-bond acceptors (Lipinski definition) is 2. The van der Waals surface area contributed by atoms with Gasteiger partial charge in [0.2, 0.25) is 0 Å². The summed E-state index contributed by atoms with van der Waals surface area (Å²) >= 11 is 3.60. The van der Waals surface area contributed by atoms with Crippen LogP contribution in [0.25, 0.3) is 11.1 Å². The number of rotatable bonds is 4. The number of anilines is 1. The first-order chi connectivity index (χ1) is 11.0. The molecule has 0 aromatic heterocycles.